The Balaban J connectivity index is 1.90. The lowest BCUT2D eigenvalue weighted by Crippen LogP contribution is -2.06. The van der Waals surface area contributed by atoms with Crippen molar-refractivity contribution in [1.82, 2.24) is 24.7 Å². The van der Waals surface area contributed by atoms with Crippen LogP contribution in [0.25, 0.3) is 0 Å². The van der Waals surface area contributed by atoms with Crippen LogP contribution in [-0.2, 0) is 6.54 Å². The van der Waals surface area contributed by atoms with Crippen molar-refractivity contribution in [2.24, 2.45) is 5.10 Å². The van der Waals surface area contributed by atoms with Gasteiger partial charge in [0.1, 0.15) is 18.4 Å². The van der Waals surface area contributed by atoms with Gasteiger partial charge in [0.25, 0.3) is 0 Å². The molecule has 0 spiro atoms. The first-order valence-corrected chi connectivity index (χ1v) is 8.13. The van der Waals surface area contributed by atoms with Gasteiger partial charge in [-0.1, -0.05) is 0 Å². The Labute approximate surface area is 148 Å². The van der Waals surface area contributed by atoms with E-state index in [1.165, 1.54) is 12.7 Å². The predicted octanol–water partition coefficient (Wildman–Crippen LogP) is 2.79. The summed E-state index contributed by atoms with van der Waals surface area (Å²) >= 11 is 3.56. The highest BCUT2D eigenvalue weighted by Gasteiger charge is 2.11. The molecule has 0 aliphatic heterocycles. The average molecular weight is 389 g/mol. The molecule has 3 aromatic rings. The maximum Gasteiger partial charge on any atom is 0.141 e. The number of ether oxygens (including phenoxy) is 1. The summed E-state index contributed by atoms with van der Waals surface area (Å²) in [6, 6.07) is 5.92. The highest BCUT2D eigenvalue weighted by atomic mass is 79.9. The van der Waals surface area contributed by atoms with E-state index in [9.17, 15) is 0 Å². The summed E-state index contributed by atoms with van der Waals surface area (Å²) in [5, 5.41) is 16.3. The van der Waals surface area contributed by atoms with Crippen LogP contribution >= 0.6 is 15.9 Å². The van der Waals surface area contributed by atoms with Crippen LogP contribution in [0.3, 0.4) is 0 Å². The van der Waals surface area contributed by atoms with E-state index >= 15 is 0 Å². The van der Waals surface area contributed by atoms with E-state index in [-0.39, 0.29) is 0 Å². The molecule has 2 aromatic heterocycles. The number of hydrogen-bond acceptors (Lipinski definition) is 5. The molecular formula is C16H17BrN6O. The summed E-state index contributed by atoms with van der Waals surface area (Å²) < 4.78 is 10.0. The molecule has 8 heteroatoms. The first-order chi connectivity index (χ1) is 11.6. The molecule has 0 bridgehead atoms. The summed E-state index contributed by atoms with van der Waals surface area (Å²) in [7, 11) is 1.67. The first-order valence-electron chi connectivity index (χ1n) is 7.34. The average Bonchev–Trinajstić information content (AvgIpc) is 3.18. The van der Waals surface area contributed by atoms with Crippen molar-refractivity contribution in [1.29, 1.82) is 0 Å². The van der Waals surface area contributed by atoms with Gasteiger partial charge >= 0.3 is 0 Å². The molecule has 124 valence electrons. The third kappa shape index (κ3) is 3.38. The van der Waals surface area contributed by atoms with Gasteiger partial charge in [0.2, 0.25) is 0 Å². The summed E-state index contributed by atoms with van der Waals surface area (Å²) in [4.78, 5) is 0. The second-order valence-corrected chi connectivity index (χ2v) is 6.09. The van der Waals surface area contributed by atoms with E-state index in [0.717, 1.165) is 32.7 Å². The summed E-state index contributed by atoms with van der Waals surface area (Å²) in [5.41, 5.74) is 4.04. The van der Waals surface area contributed by atoms with Crippen LogP contribution in [-0.4, -0.2) is 38.0 Å². The molecule has 0 amide bonds. The van der Waals surface area contributed by atoms with E-state index in [2.05, 4.69) is 36.3 Å². The van der Waals surface area contributed by atoms with Crippen molar-refractivity contribution in [2.45, 2.75) is 20.4 Å². The van der Waals surface area contributed by atoms with Gasteiger partial charge in [0.15, 0.2) is 0 Å². The molecule has 0 atom stereocenters. The fourth-order valence-corrected chi connectivity index (χ4v) is 2.66. The number of hydrogen-bond donors (Lipinski definition) is 0. The number of aryl methyl sites for hydroxylation is 1. The van der Waals surface area contributed by atoms with Crippen LogP contribution in [0.15, 0.2) is 40.4 Å². The zero-order chi connectivity index (χ0) is 17.1. The number of methoxy groups -OCH3 is 1. The van der Waals surface area contributed by atoms with E-state index in [1.54, 1.807) is 18.0 Å². The second-order valence-electron chi connectivity index (χ2n) is 5.30. The Morgan fingerprint density at radius 3 is 2.62 bits per heavy atom. The summed E-state index contributed by atoms with van der Waals surface area (Å²) in [6.07, 6.45) is 4.83. The molecule has 2 heterocycles. The molecule has 24 heavy (non-hydrogen) atoms. The molecule has 7 nitrogen and oxygen atoms in total. The molecule has 0 aliphatic rings. The number of aromatic nitrogens is 5. The van der Waals surface area contributed by atoms with Crippen molar-refractivity contribution in [3.8, 4) is 5.75 Å². The van der Waals surface area contributed by atoms with Gasteiger partial charge in [-0.25, -0.2) is 4.68 Å². The molecule has 0 aliphatic carbocycles. The zero-order valence-electron chi connectivity index (χ0n) is 13.6. The van der Waals surface area contributed by atoms with E-state index in [1.807, 2.05) is 36.7 Å². The van der Waals surface area contributed by atoms with Gasteiger partial charge in [0, 0.05) is 5.56 Å². The van der Waals surface area contributed by atoms with E-state index < -0.39 is 0 Å². The monoisotopic (exact) mass is 388 g/mol. The highest BCUT2D eigenvalue weighted by molar-refractivity contribution is 9.10. The Bertz CT molecular complexity index is 869. The van der Waals surface area contributed by atoms with Gasteiger partial charge in [-0.2, -0.15) is 10.2 Å². The van der Waals surface area contributed by atoms with Crippen molar-refractivity contribution in [3.05, 3.63) is 57.8 Å². The Morgan fingerprint density at radius 2 is 2.00 bits per heavy atom. The van der Waals surface area contributed by atoms with Crippen LogP contribution < -0.4 is 4.74 Å². The van der Waals surface area contributed by atoms with Crippen molar-refractivity contribution in [2.75, 3.05) is 7.11 Å². The number of rotatable bonds is 5. The van der Waals surface area contributed by atoms with Gasteiger partial charge in [-0.3, -0.25) is 4.68 Å². The highest BCUT2D eigenvalue weighted by Crippen LogP contribution is 2.24. The second kappa shape index (κ2) is 6.96. The van der Waals surface area contributed by atoms with Crippen LogP contribution in [0.4, 0.5) is 0 Å². The standard InChI is InChI=1S/C16H17BrN6O/c1-11-16(17)12(2)23(21-11)8-14-6-13(4-5-15(14)24-3)7-20-22-9-18-19-10-22/h4-7,9-10H,8H2,1-3H3. The lowest BCUT2D eigenvalue weighted by Gasteiger charge is -2.11. The Morgan fingerprint density at radius 1 is 1.25 bits per heavy atom. The van der Waals surface area contributed by atoms with E-state index in [4.69, 9.17) is 4.74 Å². The Hall–Kier alpha value is -2.48. The lowest BCUT2D eigenvalue weighted by molar-refractivity contribution is 0.407. The topological polar surface area (TPSA) is 70.1 Å². The number of halogens is 1. The van der Waals surface area contributed by atoms with E-state index in [0.29, 0.717) is 6.54 Å². The van der Waals surface area contributed by atoms with Gasteiger partial charge in [-0.05, 0) is 53.5 Å². The molecule has 0 N–H and O–H groups in total. The molecule has 0 fully saturated rings. The van der Waals surface area contributed by atoms with Gasteiger partial charge in [0.05, 0.1) is 35.7 Å². The number of nitrogens with zero attached hydrogens (tertiary/aromatic N) is 6. The Kier molecular flexibility index (Phi) is 4.75. The first kappa shape index (κ1) is 16.4. The van der Waals surface area contributed by atoms with Crippen LogP contribution in [0, 0.1) is 13.8 Å². The minimum atomic E-state index is 0.621. The minimum Gasteiger partial charge on any atom is -0.496 e. The third-order valence-corrected chi connectivity index (χ3v) is 4.81. The van der Waals surface area contributed by atoms with Crippen molar-refractivity contribution < 1.29 is 4.74 Å². The fourth-order valence-electron chi connectivity index (χ4n) is 2.38. The van der Waals surface area contributed by atoms with Crippen molar-refractivity contribution >= 4 is 22.1 Å². The normalized spacial score (nSPS) is 11.3. The zero-order valence-corrected chi connectivity index (χ0v) is 15.2. The third-order valence-electron chi connectivity index (χ3n) is 3.66. The van der Waals surface area contributed by atoms with Gasteiger partial charge in [-0.15, -0.1) is 10.2 Å². The van der Waals surface area contributed by atoms with Crippen LogP contribution in [0.2, 0.25) is 0 Å². The maximum absolute atomic E-state index is 5.48. The summed E-state index contributed by atoms with van der Waals surface area (Å²) in [6.45, 7) is 4.64. The molecule has 3 rings (SSSR count). The lowest BCUT2D eigenvalue weighted by atomic mass is 10.1. The van der Waals surface area contributed by atoms with Crippen LogP contribution in [0.5, 0.6) is 5.75 Å². The molecular weight excluding hydrogens is 372 g/mol. The fraction of sp³-hybridized carbons (Fsp3) is 0.250. The number of benzene rings is 1. The molecule has 0 unspecified atom stereocenters. The van der Waals surface area contributed by atoms with Crippen molar-refractivity contribution in [3.63, 3.8) is 0 Å². The SMILES string of the molecule is COc1ccc(C=Nn2cnnc2)cc1Cn1nc(C)c(Br)c1C. The molecule has 0 saturated carbocycles. The molecule has 0 saturated heterocycles. The van der Waals surface area contributed by atoms with Crippen LogP contribution in [0.1, 0.15) is 22.5 Å². The molecule has 0 radical (unpaired) electrons. The van der Waals surface area contributed by atoms with Gasteiger partial charge < -0.3 is 4.74 Å². The maximum atomic E-state index is 5.48. The summed E-state index contributed by atoms with van der Waals surface area (Å²) in [5.74, 6) is 0.820. The smallest absolute Gasteiger partial charge is 0.141 e. The quantitative estimate of drug-likeness (QED) is 0.630. The predicted molar refractivity (Wildman–Crippen MR) is 94.5 cm³/mol. The minimum absolute atomic E-state index is 0.621. The molecule has 1 aromatic carbocycles. The largest absolute Gasteiger partial charge is 0.496 e.